The summed E-state index contributed by atoms with van der Waals surface area (Å²) in [5.74, 6) is 0. The summed E-state index contributed by atoms with van der Waals surface area (Å²) in [5, 5.41) is 3.68. The van der Waals surface area contributed by atoms with Gasteiger partial charge in [-0.15, -0.1) is 0 Å². The number of aldehydes is 1. The van der Waals surface area contributed by atoms with Gasteiger partial charge in [-0.2, -0.15) is 18.3 Å². The van der Waals surface area contributed by atoms with Gasteiger partial charge in [0.05, 0.1) is 17.4 Å². The molecule has 0 saturated carbocycles. The Balaban J connectivity index is 2.43. The van der Waals surface area contributed by atoms with Gasteiger partial charge in [0.25, 0.3) is 0 Å². The molecule has 0 spiro atoms. The number of nitrogens with zero attached hydrogens (tertiary/aromatic N) is 2. The smallest absolute Gasteiger partial charge is 0.298 e. The Labute approximate surface area is 101 Å². The lowest BCUT2D eigenvalue weighted by molar-refractivity contribution is -0.137. The molecule has 2 rings (SSSR count). The van der Waals surface area contributed by atoms with E-state index in [2.05, 4.69) is 5.10 Å². The molecule has 18 heavy (non-hydrogen) atoms. The van der Waals surface area contributed by atoms with Gasteiger partial charge < -0.3 is 0 Å². The van der Waals surface area contributed by atoms with E-state index >= 15 is 0 Å². The predicted octanol–water partition coefficient (Wildman–Crippen LogP) is 3.01. The third kappa shape index (κ3) is 2.27. The lowest BCUT2D eigenvalue weighted by atomic mass is 10.1. The highest BCUT2D eigenvalue weighted by Gasteiger charge is 2.32. The Bertz CT molecular complexity index is 587. The highest BCUT2D eigenvalue weighted by atomic mass is 19.4. The van der Waals surface area contributed by atoms with Crippen molar-refractivity contribution in [1.29, 1.82) is 0 Å². The summed E-state index contributed by atoms with van der Waals surface area (Å²) in [4.78, 5) is 10.6. The van der Waals surface area contributed by atoms with Gasteiger partial charge in [0.1, 0.15) is 6.29 Å². The minimum atomic E-state index is -4.41. The summed E-state index contributed by atoms with van der Waals surface area (Å²) >= 11 is 0. The molecule has 0 amide bonds. The van der Waals surface area contributed by atoms with Crippen molar-refractivity contribution in [3.05, 3.63) is 47.3 Å². The van der Waals surface area contributed by atoms with Crippen LogP contribution in [0.15, 0.2) is 30.6 Å². The summed E-state index contributed by atoms with van der Waals surface area (Å²) < 4.78 is 38.5. The fourth-order valence-electron chi connectivity index (χ4n) is 1.61. The van der Waals surface area contributed by atoms with Crippen molar-refractivity contribution >= 4 is 6.29 Å². The van der Waals surface area contributed by atoms with Crippen molar-refractivity contribution in [2.45, 2.75) is 13.1 Å². The molecule has 0 N–H and O–H groups in total. The Kier molecular flexibility index (Phi) is 2.94. The van der Waals surface area contributed by atoms with Crippen LogP contribution in [0.25, 0.3) is 5.69 Å². The highest BCUT2D eigenvalue weighted by Crippen LogP contribution is 2.29. The standard InChI is InChI=1S/C12H9F3N2O/c1-8-4-9(7-18)2-3-11(8)17-6-10(5-16-17)12(13,14)15/h2-7H,1H3. The van der Waals surface area contributed by atoms with Crippen molar-refractivity contribution in [1.82, 2.24) is 9.78 Å². The molecule has 0 aliphatic rings. The minimum absolute atomic E-state index is 0.472. The molecule has 3 nitrogen and oxygen atoms in total. The molecule has 1 heterocycles. The molecule has 2 aromatic rings. The molecule has 94 valence electrons. The maximum absolute atomic E-state index is 12.4. The molecular formula is C12H9F3N2O. The fourth-order valence-corrected chi connectivity index (χ4v) is 1.61. The fraction of sp³-hybridized carbons (Fsp3) is 0.167. The van der Waals surface area contributed by atoms with Gasteiger partial charge in [-0.25, -0.2) is 4.68 Å². The van der Waals surface area contributed by atoms with Crippen molar-refractivity contribution in [3.8, 4) is 5.69 Å². The van der Waals surface area contributed by atoms with E-state index in [-0.39, 0.29) is 0 Å². The third-order valence-electron chi connectivity index (χ3n) is 2.51. The molecule has 6 heteroatoms. The molecule has 0 unspecified atom stereocenters. The van der Waals surface area contributed by atoms with E-state index < -0.39 is 11.7 Å². The molecule has 0 aliphatic heterocycles. The largest absolute Gasteiger partial charge is 0.419 e. The molecule has 0 saturated heterocycles. The molecule has 0 fully saturated rings. The van der Waals surface area contributed by atoms with Crippen LogP contribution in [0.2, 0.25) is 0 Å². The lowest BCUT2D eigenvalue weighted by Gasteiger charge is -2.06. The number of carbonyl (C=O) groups excluding carboxylic acids is 1. The van der Waals surface area contributed by atoms with E-state index in [1.807, 2.05) is 0 Å². The predicted molar refractivity (Wildman–Crippen MR) is 58.7 cm³/mol. The van der Waals surface area contributed by atoms with Crippen molar-refractivity contribution in [2.24, 2.45) is 0 Å². The second-order valence-corrected chi connectivity index (χ2v) is 3.84. The van der Waals surface area contributed by atoms with E-state index in [1.165, 1.54) is 6.07 Å². The van der Waals surface area contributed by atoms with Gasteiger partial charge in [0.15, 0.2) is 0 Å². The van der Waals surface area contributed by atoms with Crippen LogP contribution in [-0.4, -0.2) is 16.1 Å². The summed E-state index contributed by atoms with van der Waals surface area (Å²) in [7, 11) is 0. The summed E-state index contributed by atoms with van der Waals surface area (Å²) in [6, 6.07) is 4.69. The SMILES string of the molecule is Cc1cc(C=O)ccc1-n1cc(C(F)(F)F)cn1. The van der Waals surface area contributed by atoms with Crippen LogP contribution in [0, 0.1) is 6.92 Å². The summed E-state index contributed by atoms with van der Waals surface area (Å²) in [6.07, 6.45) is -2.04. The number of halogens is 3. The minimum Gasteiger partial charge on any atom is -0.298 e. The number of aromatic nitrogens is 2. The van der Waals surface area contributed by atoms with Gasteiger partial charge >= 0.3 is 6.18 Å². The van der Waals surface area contributed by atoms with Gasteiger partial charge in [-0.3, -0.25) is 4.79 Å². The van der Waals surface area contributed by atoms with Gasteiger partial charge in [-0.05, 0) is 30.7 Å². The van der Waals surface area contributed by atoms with Crippen LogP contribution in [0.5, 0.6) is 0 Å². The molecule has 0 bridgehead atoms. The molecule has 0 radical (unpaired) electrons. The van der Waals surface area contributed by atoms with Crippen molar-refractivity contribution < 1.29 is 18.0 Å². The number of hydrogen-bond donors (Lipinski definition) is 0. The number of alkyl halides is 3. The normalized spacial score (nSPS) is 11.6. The number of hydrogen-bond acceptors (Lipinski definition) is 2. The number of benzene rings is 1. The molecule has 0 aliphatic carbocycles. The zero-order valence-corrected chi connectivity index (χ0v) is 9.40. The number of rotatable bonds is 2. The van der Waals surface area contributed by atoms with Crippen LogP contribution < -0.4 is 0 Å². The maximum atomic E-state index is 12.4. The highest BCUT2D eigenvalue weighted by molar-refractivity contribution is 5.75. The van der Waals surface area contributed by atoms with Crippen LogP contribution in [0.3, 0.4) is 0 Å². The second-order valence-electron chi connectivity index (χ2n) is 3.84. The first-order valence-electron chi connectivity index (χ1n) is 5.10. The zero-order valence-electron chi connectivity index (χ0n) is 9.40. The van der Waals surface area contributed by atoms with Gasteiger partial charge in [0.2, 0.25) is 0 Å². The Morgan fingerprint density at radius 2 is 2.06 bits per heavy atom. The summed E-state index contributed by atoms with van der Waals surface area (Å²) in [5.41, 5.74) is 0.855. The second kappa shape index (κ2) is 4.29. The first-order chi connectivity index (χ1) is 8.41. The van der Waals surface area contributed by atoms with E-state index in [0.29, 0.717) is 23.1 Å². The quantitative estimate of drug-likeness (QED) is 0.772. The molecular weight excluding hydrogens is 245 g/mol. The summed E-state index contributed by atoms with van der Waals surface area (Å²) in [6.45, 7) is 1.71. The Morgan fingerprint density at radius 1 is 1.33 bits per heavy atom. The molecule has 0 atom stereocenters. The third-order valence-corrected chi connectivity index (χ3v) is 2.51. The zero-order chi connectivity index (χ0) is 13.3. The van der Waals surface area contributed by atoms with Crippen LogP contribution >= 0.6 is 0 Å². The average Bonchev–Trinajstić information content (AvgIpc) is 2.77. The van der Waals surface area contributed by atoms with E-state index in [9.17, 15) is 18.0 Å². The van der Waals surface area contributed by atoms with Crippen molar-refractivity contribution in [2.75, 3.05) is 0 Å². The molecule has 1 aromatic heterocycles. The number of aryl methyl sites for hydroxylation is 1. The van der Waals surface area contributed by atoms with Crippen LogP contribution in [-0.2, 0) is 6.18 Å². The van der Waals surface area contributed by atoms with E-state index in [1.54, 1.807) is 19.1 Å². The van der Waals surface area contributed by atoms with Gasteiger partial charge in [-0.1, -0.05) is 0 Å². The van der Waals surface area contributed by atoms with Crippen LogP contribution in [0.4, 0.5) is 13.2 Å². The Hall–Kier alpha value is -2.11. The lowest BCUT2D eigenvalue weighted by Crippen LogP contribution is -2.03. The first kappa shape index (κ1) is 12.3. The van der Waals surface area contributed by atoms with Crippen LogP contribution in [0.1, 0.15) is 21.5 Å². The van der Waals surface area contributed by atoms with Crippen molar-refractivity contribution in [3.63, 3.8) is 0 Å². The maximum Gasteiger partial charge on any atom is 0.419 e. The molecule has 1 aromatic carbocycles. The van der Waals surface area contributed by atoms with Gasteiger partial charge in [0, 0.05) is 11.8 Å². The Morgan fingerprint density at radius 3 is 2.56 bits per heavy atom. The topological polar surface area (TPSA) is 34.9 Å². The average molecular weight is 254 g/mol. The van der Waals surface area contributed by atoms with E-state index in [0.717, 1.165) is 17.1 Å². The monoisotopic (exact) mass is 254 g/mol. The first-order valence-corrected chi connectivity index (χ1v) is 5.10. The number of carbonyl (C=O) groups is 1. The van der Waals surface area contributed by atoms with E-state index in [4.69, 9.17) is 0 Å².